The van der Waals surface area contributed by atoms with Gasteiger partial charge in [-0.2, -0.15) is 0 Å². The minimum atomic E-state index is -0.281. The standard InChI is InChI=1S/C14H15BrN2O2/c1-8(2)12-13(19-9(3)16-12)14(18)17-11-7-5-4-6-10(11)15/h4-8H,1-3H3,(H,17,18). The number of oxazole rings is 1. The Labute approximate surface area is 120 Å². The van der Waals surface area contributed by atoms with Crippen LogP contribution in [0.15, 0.2) is 33.2 Å². The van der Waals surface area contributed by atoms with E-state index in [0.29, 0.717) is 17.3 Å². The molecule has 0 spiro atoms. The molecule has 0 bridgehead atoms. The lowest BCUT2D eigenvalue weighted by molar-refractivity contribution is 0.0993. The zero-order valence-electron chi connectivity index (χ0n) is 11.0. The van der Waals surface area contributed by atoms with E-state index in [0.717, 1.165) is 4.47 Å². The van der Waals surface area contributed by atoms with E-state index < -0.39 is 0 Å². The fourth-order valence-corrected chi connectivity index (χ4v) is 2.12. The molecular weight excluding hydrogens is 308 g/mol. The fraction of sp³-hybridized carbons (Fsp3) is 0.286. The molecule has 0 aliphatic carbocycles. The van der Waals surface area contributed by atoms with Crippen LogP contribution in [0.25, 0.3) is 0 Å². The summed E-state index contributed by atoms with van der Waals surface area (Å²) in [6, 6.07) is 7.43. The van der Waals surface area contributed by atoms with Crippen LogP contribution in [0, 0.1) is 6.92 Å². The summed E-state index contributed by atoms with van der Waals surface area (Å²) in [4.78, 5) is 16.5. The molecule has 0 unspecified atom stereocenters. The Morgan fingerprint density at radius 1 is 1.37 bits per heavy atom. The first-order valence-corrected chi connectivity index (χ1v) is 6.81. The third kappa shape index (κ3) is 3.04. The van der Waals surface area contributed by atoms with Crippen molar-refractivity contribution in [1.29, 1.82) is 0 Å². The van der Waals surface area contributed by atoms with Gasteiger partial charge in [-0.05, 0) is 34.0 Å². The zero-order valence-corrected chi connectivity index (χ0v) is 12.6. The first-order chi connectivity index (χ1) is 8.99. The molecule has 5 heteroatoms. The summed E-state index contributed by atoms with van der Waals surface area (Å²) < 4.78 is 6.24. The van der Waals surface area contributed by atoms with Gasteiger partial charge in [0.2, 0.25) is 5.76 Å². The van der Waals surface area contributed by atoms with Crippen molar-refractivity contribution in [2.24, 2.45) is 0 Å². The molecule has 100 valence electrons. The van der Waals surface area contributed by atoms with Gasteiger partial charge in [-0.25, -0.2) is 4.98 Å². The highest BCUT2D eigenvalue weighted by atomic mass is 79.9. The Hall–Kier alpha value is -1.62. The third-order valence-corrected chi connectivity index (χ3v) is 3.33. The number of para-hydroxylation sites is 1. The Morgan fingerprint density at radius 3 is 2.68 bits per heavy atom. The molecule has 2 rings (SSSR count). The van der Waals surface area contributed by atoms with E-state index in [-0.39, 0.29) is 17.6 Å². The summed E-state index contributed by atoms with van der Waals surface area (Å²) >= 11 is 3.39. The van der Waals surface area contributed by atoms with Crippen LogP contribution in [0.1, 0.15) is 41.9 Å². The molecule has 0 saturated carbocycles. The van der Waals surface area contributed by atoms with Crippen molar-refractivity contribution >= 4 is 27.5 Å². The number of hydrogen-bond donors (Lipinski definition) is 1. The van der Waals surface area contributed by atoms with Crippen LogP contribution in [-0.4, -0.2) is 10.9 Å². The number of aryl methyl sites for hydroxylation is 1. The average molecular weight is 323 g/mol. The molecule has 2 aromatic rings. The van der Waals surface area contributed by atoms with E-state index in [1.54, 1.807) is 6.92 Å². The van der Waals surface area contributed by atoms with E-state index in [1.165, 1.54) is 0 Å². The maximum absolute atomic E-state index is 12.2. The number of hydrogen-bond acceptors (Lipinski definition) is 3. The lowest BCUT2D eigenvalue weighted by atomic mass is 10.1. The molecule has 0 aliphatic rings. The van der Waals surface area contributed by atoms with Crippen LogP contribution < -0.4 is 5.32 Å². The van der Waals surface area contributed by atoms with Crippen molar-refractivity contribution in [1.82, 2.24) is 4.98 Å². The number of aromatic nitrogens is 1. The van der Waals surface area contributed by atoms with E-state index in [1.807, 2.05) is 38.1 Å². The maximum Gasteiger partial charge on any atom is 0.293 e. The van der Waals surface area contributed by atoms with Gasteiger partial charge in [0, 0.05) is 11.4 Å². The smallest absolute Gasteiger partial charge is 0.293 e. The van der Waals surface area contributed by atoms with Gasteiger partial charge in [0.25, 0.3) is 5.91 Å². The Morgan fingerprint density at radius 2 is 2.05 bits per heavy atom. The van der Waals surface area contributed by atoms with Crippen LogP contribution in [0.5, 0.6) is 0 Å². The van der Waals surface area contributed by atoms with Crippen LogP contribution in [-0.2, 0) is 0 Å². The molecule has 1 heterocycles. The van der Waals surface area contributed by atoms with E-state index in [4.69, 9.17) is 4.42 Å². The molecule has 0 radical (unpaired) electrons. The fourth-order valence-electron chi connectivity index (χ4n) is 1.74. The Kier molecular flexibility index (Phi) is 4.04. The second kappa shape index (κ2) is 5.57. The Bertz CT molecular complexity index is 605. The zero-order chi connectivity index (χ0) is 14.0. The van der Waals surface area contributed by atoms with Crippen molar-refractivity contribution < 1.29 is 9.21 Å². The van der Waals surface area contributed by atoms with Gasteiger partial charge in [-0.1, -0.05) is 26.0 Å². The summed E-state index contributed by atoms with van der Waals surface area (Å²) in [5.41, 5.74) is 1.39. The van der Waals surface area contributed by atoms with Crippen LogP contribution in [0.2, 0.25) is 0 Å². The van der Waals surface area contributed by atoms with Crippen molar-refractivity contribution in [2.45, 2.75) is 26.7 Å². The number of carbonyl (C=O) groups excluding carboxylic acids is 1. The molecule has 0 fully saturated rings. The van der Waals surface area contributed by atoms with Crippen molar-refractivity contribution in [2.75, 3.05) is 5.32 Å². The van der Waals surface area contributed by atoms with Gasteiger partial charge >= 0.3 is 0 Å². The predicted octanol–water partition coefficient (Wildman–Crippen LogP) is 4.12. The monoisotopic (exact) mass is 322 g/mol. The number of carbonyl (C=O) groups is 1. The van der Waals surface area contributed by atoms with E-state index in [2.05, 4.69) is 26.2 Å². The highest BCUT2D eigenvalue weighted by Crippen LogP contribution is 2.24. The van der Waals surface area contributed by atoms with E-state index >= 15 is 0 Å². The number of benzene rings is 1. The maximum atomic E-state index is 12.2. The number of halogens is 1. The normalized spacial score (nSPS) is 10.8. The van der Waals surface area contributed by atoms with E-state index in [9.17, 15) is 4.79 Å². The topological polar surface area (TPSA) is 55.1 Å². The summed E-state index contributed by atoms with van der Waals surface area (Å²) in [5.74, 6) is 0.637. The minimum Gasteiger partial charge on any atom is -0.436 e. The molecule has 0 aliphatic heterocycles. The molecule has 19 heavy (non-hydrogen) atoms. The number of nitrogens with zero attached hydrogens (tertiary/aromatic N) is 1. The summed E-state index contributed by atoms with van der Waals surface area (Å²) in [6.07, 6.45) is 0. The highest BCUT2D eigenvalue weighted by molar-refractivity contribution is 9.10. The van der Waals surface area contributed by atoms with Gasteiger partial charge in [-0.3, -0.25) is 4.79 Å². The quantitative estimate of drug-likeness (QED) is 0.924. The predicted molar refractivity (Wildman–Crippen MR) is 77.4 cm³/mol. The highest BCUT2D eigenvalue weighted by Gasteiger charge is 2.21. The minimum absolute atomic E-state index is 0.136. The number of nitrogens with one attached hydrogen (secondary N) is 1. The molecule has 1 N–H and O–H groups in total. The van der Waals surface area contributed by atoms with Crippen molar-refractivity contribution in [3.05, 3.63) is 46.1 Å². The molecule has 0 saturated heterocycles. The number of amides is 1. The van der Waals surface area contributed by atoms with Gasteiger partial charge in [-0.15, -0.1) is 0 Å². The van der Waals surface area contributed by atoms with Crippen LogP contribution in [0.4, 0.5) is 5.69 Å². The van der Waals surface area contributed by atoms with Crippen molar-refractivity contribution in [3.63, 3.8) is 0 Å². The van der Waals surface area contributed by atoms with Crippen LogP contribution >= 0.6 is 15.9 Å². The first-order valence-electron chi connectivity index (χ1n) is 6.02. The first kappa shape index (κ1) is 13.8. The lowest BCUT2D eigenvalue weighted by Gasteiger charge is -2.07. The number of anilines is 1. The van der Waals surface area contributed by atoms with Gasteiger partial charge in [0.1, 0.15) is 0 Å². The molecular formula is C14H15BrN2O2. The van der Waals surface area contributed by atoms with Crippen LogP contribution in [0.3, 0.4) is 0 Å². The van der Waals surface area contributed by atoms with Gasteiger partial charge < -0.3 is 9.73 Å². The average Bonchev–Trinajstić information content (AvgIpc) is 2.74. The molecule has 1 aromatic heterocycles. The number of rotatable bonds is 3. The van der Waals surface area contributed by atoms with Gasteiger partial charge in [0.05, 0.1) is 11.4 Å². The third-order valence-electron chi connectivity index (χ3n) is 2.64. The largest absolute Gasteiger partial charge is 0.436 e. The molecule has 1 amide bonds. The SMILES string of the molecule is Cc1nc(C(C)C)c(C(=O)Nc2ccccc2Br)o1. The molecule has 4 nitrogen and oxygen atoms in total. The lowest BCUT2D eigenvalue weighted by Crippen LogP contribution is -2.14. The Balaban J connectivity index is 2.28. The summed E-state index contributed by atoms with van der Waals surface area (Å²) in [6.45, 7) is 5.69. The van der Waals surface area contributed by atoms with Crippen molar-refractivity contribution in [3.8, 4) is 0 Å². The molecule has 0 atom stereocenters. The molecule has 1 aromatic carbocycles. The second-order valence-electron chi connectivity index (χ2n) is 4.54. The second-order valence-corrected chi connectivity index (χ2v) is 5.39. The summed E-state index contributed by atoms with van der Waals surface area (Å²) in [7, 11) is 0. The summed E-state index contributed by atoms with van der Waals surface area (Å²) in [5, 5.41) is 2.82. The van der Waals surface area contributed by atoms with Gasteiger partial charge in [0.15, 0.2) is 5.89 Å².